The van der Waals surface area contributed by atoms with Gasteiger partial charge in [0.15, 0.2) is 0 Å². The lowest BCUT2D eigenvalue weighted by Gasteiger charge is -2.32. The Morgan fingerprint density at radius 1 is 1.45 bits per heavy atom. The van der Waals surface area contributed by atoms with Crippen molar-refractivity contribution in [3.8, 4) is 5.75 Å². The zero-order chi connectivity index (χ0) is 15.4. The number of rotatable bonds is 4. The predicted molar refractivity (Wildman–Crippen MR) is 78.7 cm³/mol. The average molecular weight is 302 g/mol. The van der Waals surface area contributed by atoms with Crippen LogP contribution in [0.25, 0.3) is 0 Å². The van der Waals surface area contributed by atoms with Crippen LogP contribution < -0.4 is 10.1 Å². The zero-order valence-corrected chi connectivity index (χ0v) is 12.3. The van der Waals surface area contributed by atoms with E-state index in [1.54, 1.807) is 12.4 Å². The summed E-state index contributed by atoms with van der Waals surface area (Å²) in [5.41, 5.74) is 1.43. The molecule has 0 saturated carbocycles. The van der Waals surface area contributed by atoms with E-state index in [0.29, 0.717) is 30.9 Å². The molecule has 1 aliphatic rings. The van der Waals surface area contributed by atoms with Crippen LogP contribution in [-0.4, -0.2) is 46.4 Å². The van der Waals surface area contributed by atoms with E-state index in [0.717, 1.165) is 5.69 Å². The van der Waals surface area contributed by atoms with E-state index in [1.807, 2.05) is 19.1 Å². The van der Waals surface area contributed by atoms with Gasteiger partial charge in [0.05, 0.1) is 30.6 Å². The van der Waals surface area contributed by atoms with E-state index in [2.05, 4.69) is 20.5 Å². The number of nitrogens with one attached hydrogen (secondary N) is 2. The van der Waals surface area contributed by atoms with Gasteiger partial charge < -0.3 is 14.8 Å². The minimum atomic E-state index is -0.242. The Morgan fingerprint density at radius 3 is 3.09 bits per heavy atom. The van der Waals surface area contributed by atoms with Gasteiger partial charge in [0.25, 0.3) is 5.91 Å². The number of carbonyl (C=O) groups excluding carboxylic acids is 1. The molecule has 2 N–H and O–H groups in total. The number of pyridine rings is 1. The van der Waals surface area contributed by atoms with Crippen molar-refractivity contribution in [2.24, 2.45) is 0 Å². The maximum absolute atomic E-state index is 12.1. The lowest BCUT2D eigenvalue weighted by Crippen LogP contribution is -2.51. The smallest absolute Gasteiger partial charge is 0.254 e. The van der Waals surface area contributed by atoms with Gasteiger partial charge >= 0.3 is 0 Å². The Balaban J connectivity index is 1.65. The number of H-pyrrole nitrogens is 1. The van der Waals surface area contributed by atoms with E-state index >= 15 is 0 Å². The van der Waals surface area contributed by atoms with E-state index in [1.165, 1.54) is 6.20 Å². The molecule has 0 unspecified atom stereocenters. The van der Waals surface area contributed by atoms with Gasteiger partial charge in [-0.3, -0.25) is 14.9 Å². The monoisotopic (exact) mass is 302 g/mol. The Hall–Kier alpha value is -2.41. The third-order valence-electron chi connectivity index (χ3n) is 3.55. The summed E-state index contributed by atoms with van der Waals surface area (Å²) in [5, 5.41) is 9.39. The normalized spacial score (nSPS) is 21.3. The fraction of sp³-hybridized carbons (Fsp3) is 0.400. The zero-order valence-electron chi connectivity index (χ0n) is 12.3. The quantitative estimate of drug-likeness (QED) is 0.882. The second-order valence-electron chi connectivity index (χ2n) is 5.22. The molecule has 0 aliphatic carbocycles. The molecule has 0 radical (unpaired) electrons. The summed E-state index contributed by atoms with van der Waals surface area (Å²) < 4.78 is 11.4. The summed E-state index contributed by atoms with van der Waals surface area (Å²) in [5.74, 6) is 0.500. The number of aromatic nitrogens is 3. The van der Waals surface area contributed by atoms with Gasteiger partial charge in [0, 0.05) is 18.5 Å². The third-order valence-corrected chi connectivity index (χ3v) is 3.55. The largest absolute Gasteiger partial charge is 0.484 e. The van der Waals surface area contributed by atoms with Crippen LogP contribution >= 0.6 is 0 Å². The summed E-state index contributed by atoms with van der Waals surface area (Å²) in [6.45, 7) is 2.95. The number of hydrogen-bond acceptors (Lipinski definition) is 5. The Morgan fingerprint density at radius 2 is 2.36 bits per heavy atom. The molecule has 7 heteroatoms. The molecule has 116 valence electrons. The topological polar surface area (TPSA) is 89.1 Å². The van der Waals surface area contributed by atoms with Gasteiger partial charge in [-0.2, -0.15) is 5.10 Å². The molecule has 7 nitrogen and oxygen atoms in total. The van der Waals surface area contributed by atoms with Crippen molar-refractivity contribution in [3.05, 3.63) is 42.0 Å². The highest BCUT2D eigenvalue weighted by Crippen LogP contribution is 2.17. The van der Waals surface area contributed by atoms with Crippen LogP contribution in [0.1, 0.15) is 22.5 Å². The molecule has 0 aromatic carbocycles. The number of carbonyl (C=O) groups is 1. The van der Waals surface area contributed by atoms with Crippen molar-refractivity contribution in [1.29, 1.82) is 0 Å². The van der Waals surface area contributed by atoms with E-state index in [4.69, 9.17) is 9.47 Å². The molecule has 1 saturated heterocycles. The second-order valence-corrected chi connectivity index (χ2v) is 5.22. The molecule has 2 atom stereocenters. The molecule has 0 bridgehead atoms. The standard InChI is InChI=1S/C15H18N4O3/c1-10-2-3-12(8-16-10)22-14-9-21-5-4-13(14)19-15(20)11-6-17-18-7-11/h2-3,6-8,13-14H,4-5,9H2,1H3,(H,17,18)(H,19,20)/t13-,14+/m1/s1. The maximum Gasteiger partial charge on any atom is 0.254 e. The first-order chi connectivity index (χ1) is 10.7. The van der Waals surface area contributed by atoms with Gasteiger partial charge in [0.1, 0.15) is 11.9 Å². The van der Waals surface area contributed by atoms with Crippen molar-refractivity contribution in [1.82, 2.24) is 20.5 Å². The minimum Gasteiger partial charge on any atom is -0.484 e. The first-order valence-electron chi connectivity index (χ1n) is 7.19. The summed E-state index contributed by atoms with van der Waals surface area (Å²) in [7, 11) is 0. The number of aromatic amines is 1. The number of aryl methyl sites for hydroxylation is 1. The third kappa shape index (κ3) is 3.43. The fourth-order valence-electron chi connectivity index (χ4n) is 2.32. The first kappa shape index (κ1) is 14.5. The van der Waals surface area contributed by atoms with Crippen LogP contribution in [0.2, 0.25) is 0 Å². The molecule has 2 aromatic heterocycles. The number of amides is 1. The summed E-state index contributed by atoms with van der Waals surface area (Å²) in [6, 6.07) is 3.64. The van der Waals surface area contributed by atoms with Crippen molar-refractivity contribution >= 4 is 5.91 Å². The number of nitrogens with zero attached hydrogens (tertiary/aromatic N) is 2. The van der Waals surface area contributed by atoms with E-state index < -0.39 is 0 Å². The molecule has 1 aliphatic heterocycles. The minimum absolute atomic E-state index is 0.113. The van der Waals surface area contributed by atoms with Crippen LogP contribution in [0.15, 0.2) is 30.7 Å². The highest BCUT2D eigenvalue weighted by atomic mass is 16.5. The lowest BCUT2D eigenvalue weighted by atomic mass is 10.1. The first-order valence-corrected chi connectivity index (χ1v) is 7.19. The van der Waals surface area contributed by atoms with Crippen LogP contribution in [0.5, 0.6) is 5.75 Å². The molecular formula is C15H18N4O3. The summed E-state index contributed by atoms with van der Waals surface area (Å²) >= 11 is 0. The van der Waals surface area contributed by atoms with Crippen LogP contribution in [0, 0.1) is 6.92 Å². The van der Waals surface area contributed by atoms with Crippen molar-refractivity contribution in [3.63, 3.8) is 0 Å². The second kappa shape index (κ2) is 6.57. The molecule has 22 heavy (non-hydrogen) atoms. The van der Waals surface area contributed by atoms with Gasteiger partial charge in [-0.25, -0.2) is 0 Å². The highest BCUT2D eigenvalue weighted by molar-refractivity contribution is 5.93. The molecule has 3 rings (SSSR count). The van der Waals surface area contributed by atoms with Crippen LogP contribution in [0.4, 0.5) is 0 Å². The molecule has 2 aromatic rings. The average Bonchev–Trinajstić information content (AvgIpc) is 3.06. The summed E-state index contributed by atoms with van der Waals surface area (Å²) in [4.78, 5) is 16.3. The molecule has 1 amide bonds. The van der Waals surface area contributed by atoms with E-state index in [-0.39, 0.29) is 18.1 Å². The van der Waals surface area contributed by atoms with Crippen molar-refractivity contribution < 1.29 is 14.3 Å². The van der Waals surface area contributed by atoms with Gasteiger partial charge in [-0.15, -0.1) is 0 Å². The summed E-state index contributed by atoms with van der Waals surface area (Å²) in [6.07, 6.45) is 5.20. The fourth-order valence-corrected chi connectivity index (χ4v) is 2.32. The molecule has 0 spiro atoms. The highest BCUT2D eigenvalue weighted by Gasteiger charge is 2.29. The van der Waals surface area contributed by atoms with Gasteiger partial charge in [0.2, 0.25) is 0 Å². The maximum atomic E-state index is 12.1. The van der Waals surface area contributed by atoms with E-state index in [9.17, 15) is 4.79 Å². The van der Waals surface area contributed by atoms with Crippen molar-refractivity contribution in [2.45, 2.75) is 25.5 Å². The van der Waals surface area contributed by atoms with Crippen molar-refractivity contribution in [2.75, 3.05) is 13.2 Å². The number of ether oxygens (including phenoxy) is 2. The predicted octanol–water partition coefficient (Wildman–Crippen LogP) is 1.08. The molecule has 3 heterocycles. The van der Waals surface area contributed by atoms with Crippen LogP contribution in [0.3, 0.4) is 0 Å². The van der Waals surface area contributed by atoms with Gasteiger partial charge in [-0.05, 0) is 25.5 Å². The Labute approximate surface area is 128 Å². The molecular weight excluding hydrogens is 284 g/mol. The molecule has 1 fully saturated rings. The van der Waals surface area contributed by atoms with Gasteiger partial charge in [-0.1, -0.05) is 0 Å². The Kier molecular flexibility index (Phi) is 4.34. The number of hydrogen-bond donors (Lipinski definition) is 2. The Bertz CT molecular complexity index is 612. The lowest BCUT2D eigenvalue weighted by molar-refractivity contribution is -0.0136. The SMILES string of the molecule is Cc1ccc(O[C@H]2COCC[C@H]2NC(=O)c2cn[nH]c2)cn1. The van der Waals surface area contributed by atoms with Crippen LogP contribution in [-0.2, 0) is 4.74 Å².